The highest BCUT2D eigenvalue weighted by Gasteiger charge is 2.38. The minimum Gasteiger partial charge on any atom is -0.481 e. The number of nitrogens with zero attached hydrogens (tertiary/aromatic N) is 3. The Morgan fingerprint density at radius 3 is 2.36 bits per heavy atom. The number of hydrogen-bond acceptors (Lipinski definition) is 8. The first kappa shape index (κ1) is 28.8. The van der Waals surface area contributed by atoms with Gasteiger partial charge in [-0.3, -0.25) is 9.59 Å². The molecule has 4 atom stereocenters. The third kappa shape index (κ3) is 7.89. The molecule has 1 aliphatic rings. The number of aromatic nitrogens is 3. The number of carbonyl (C=O) groups excluding carboxylic acids is 1. The zero-order valence-corrected chi connectivity index (χ0v) is 22.8. The summed E-state index contributed by atoms with van der Waals surface area (Å²) in [7, 11) is 1.91. The van der Waals surface area contributed by atoms with Crippen LogP contribution in [-0.2, 0) is 39.3 Å². The Kier molecular flexibility index (Phi) is 10.1. The highest BCUT2D eigenvalue weighted by Crippen LogP contribution is 2.42. The molecule has 0 bridgehead atoms. The molecule has 1 saturated heterocycles. The third-order valence-corrected chi connectivity index (χ3v) is 7.83. The van der Waals surface area contributed by atoms with Crippen molar-refractivity contribution in [3.8, 4) is 0 Å². The van der Waals surface area contributed by atoms with E-state index in [1.54, 1.807) is 18.1 Å². The van der Waals surface area contributed by atoms with Gasteiger partial charge in [-0.2, -0.15) is 0 Å². The summed E-state index contributed by atoms with van der Waals surface area (Å²) in [5.74, 6) is -0.354. The first-order valence-electron chi connectivity index (χ1n) is 12.9. The van der Waals surface area contributed by atoms with Crippen molar-refractivity contribution in [2.45, 2.75) is 63.0 Å². The van der Waals surface area contributed by atoms with E-state index in [4.69, 9.17) is 14.6 Å². The minimum atomic E-state index is -0.904. The number of ether oxygens (including phenoxy) is 2. The lowest BCUT2D eigenvalue weighted by Gasteiger charge is -2.41. The molecule has 0 spiro atoms. The quantitative estimate of drug-likeness (QED) is 0.286. The number of aliphatic hydroxyl groups excluding tert-OH is 1. The van der Waals surface area contributed by atoms with Crippen LogP contribution >= 0.6 is 11.8 Å². The lowest BCUT2D eigenvalue weighted by atomic mass is 9.91. The summed E-state index contributed by atoms with van der Waals surface area (Å²) in [6, 6.07) is 15.5. The van der Waals surface area contributed by atoms with E-state index in [1.165, 1.54) is 0 Å². The Morgan fingerprint density at radius 2 is 1.72 bits per heavy atom. The molecule has 39 heavy (non-hydrogen) atoms. The van der Waals surface area contributed by atoms with Gasteiger partial charge >= 0.3 is 5.97 Å². The maximum absolute atomic E-state index is 12.0. The average Bonchev–Trinajstić information content (AvgIpc) is 3.36. The second-order valence-electron chi connectivity index (χ2n) is 9.62. The van der Waals surface area contributed by atoms with Gasteiger partial charge in [-0.15, -0.1) is 10.2 Å². The number of amides is 1. The minimum absolute atomic E-state index is 0.0147. The number of nitrogens with one attached hydrogen (secondary N) is 1. The Hall–Kier alpha value is -3.25. The van der Waals surface area contributed by atoms with Gasteiger partial charge in [-0.25, -0.2) is 0 Å². The van der Waals surface area contributed by atoms with Crippen LogP contribution in [0.15, 0.2) is 60.0 Å². The summed E-state index contributed by atoms with van der Waals surface area (Å²) >= 11 is 1.59. The molecule has 0 unspecified atom stereocenters. The molecule has 208 valence electrons. The summed E-state index contributed by atoms with van der Waals surface area (Å²) in [4.78, 5) is 22.6. The van der Waals surface area contributed by atoms with Crippen molar-refractivity contribution in [2.75, 3.05) is 5.75 Å². The van der Waals surface area contributed by atoms with Crippen molar-refractivity contribution in [3.05, 3.63) is 77.1 Å². The Labute approximate surface area is 231 Å². The van der Waals surface area contributed by atoms with Crippen molar-refractivity contribution in [2.24, 2.45) is 13.0 Å². The van der Waals surface area contributed by atoms with Crippen molar-refractivity contribution >= 4 is 23.6 Å². The van der Waals surface area contributed by atoms with E-state index in [0.717, 1.165) is 27.4 Å². The fourth-order valence-electron chi connectivity index (χ4n) is 4.35. The molecule has 3 N–H and O–H groups in total. The number of aliphatic hydroxyl groups is 1. The van der Waals surface area contributed by atoms with Gasteiger partial charge in [0.15, 0.2) is 11.4 Å². The van der Waals surface area contributed by atoms with Crippen LogP contribution in [0.1, 0.15) is 60.8 Å². The molecule has 1 aliphatic heterocycles. The molecular formula is C28H34N4O6S. The number of hydrogen-bond donors (Lipinski definition) is 3. The average molecular weight is 555 g/mol. The maximum Gasteiger partial charge on any atom is 0.303 e. The molecule has 11 heteroatoms. The SMILES string of the molecule is C[C@@H]1[C@H](CSc2nncn2C)O[C@H](c2ccc(CNC(=O)CCCC(=O)O)cc2)O[C@@H]1c1ccc(CO)cc1. The van der Waals surface area contributed by atoms with Crippen LogP contribution in [0.3, 0.4) is 0 Å². The van der Waals surface area contributed by atoms with E-state index in [0.29, 0.717) is 18.7 Å². The van der Waals surface area contributed by atoms with Gasteiger partial charge in [-0.05, 0) is 23.1 Å². The molecule has 0 aliphatic carbocycles. The van der Waals surface area contributed by atoms with Gasteiger partial charge in [0.25, 0.3) is 0 Å². The summed E-state index contributed by atoms with van der Waals surface area (Å²) in [6.07, 6.45) is 1.21. The molecule has 0 saturated carbocycles. The molecule has 3 aromatic rings. The van der Waals surface area contributed by atoms with Gasteiger partial charge in [0.05, 0.1) is 18.8 Å². The van der Waals surface area contributed by atoms with Gasteiger partial charge < -0.3 is 29.6 Å². The second-order valence-corrected chi connectivity index (χ2v) is 10.6. The fraction of sp³-hybridized carbons (Fsp3) is 0.429. The number of carboxylic acids is 1. The fourth-order valence-corrected chi connectivity index (χ4v) is 5.40. The van der Waals surface area contributed by atoms with Crippen molar-refractivity contribution < 1.29 is 29.3 Å². The molecule has 1 aromatic heterocycles. The van der Waals surface area contributed by atoms with E-state index >= 15 is 0 Å². The highest BCUT2D eigenvalue weighted by atomic mass is 32.2. The first-order valence-corrected chi connectivity index (χ1v) is 13.9. The molecule has 10 nitrogen and oxygen atoms in total. The number of carbonyl (C=O) groups is 2. The van der Waals surface area contributed by atoms with Gasteiger partial charge in [0.2, 0.25) is 5.91 Å². The maximum atomic E-state index is 12.0. The van der Waals surface area contributed by atoms with Crippen LogP contribution in [0, 0.1) is 5.92 Å². The van der Waals surface area contributed by atoms with E-state index in [-0.39, 0.29) is 43.5 Å². The smallest absolute Gasteiger partial charge is 0.303 e. The number of aliphatic carboxylic acids is 1. The molecule has 2 heterocycles. The number of carboxylic acid groups (broad SMARTS) is 1. The van der Waals surface area contributed by atoms with E-state index in [1.807, 2.05) is 60.1 Å². The van der Waals surface area contributed by atoms with Gasteiger partial charge in [0.1, 0.15) is 6.33 Å². The molecule has 1 fully saturated rings. The van der Waals surface area contributed by atoms with Crippen LogP contribution < -0.4 is 5.32 Å². The normalized spacial score (nSPS) is 21.0. The predicted molar refractivity (Wildman–Crippen MR) is 144 cm³/mol. The predicted octanol–water partition coefficient (Wildman–Crippen LogP) is 3.76. The molecule has 2 aromatic carbocycles. The Balaban J connectivity index is 1.44. The molecular weight excluding hydrogens is 520 g/mol. The van der Waals surface area contributed by atoms with Crippen LogP contribution in [0.4, 0.5) is 0 Å². The summed E-state index contributed by atoms with van der Waals surface area (Å²) < 4.78 is 14.8. The highest BCUT2D eigenvalue weighted by molar-refractivity contribution is 7.99. The van der Waals surface area contributed by atoms with Crippen molar-refractivity contribution in [1.82, 2.24) is 20.1 Å². The van der Waals surface area contributed by atoms with Crippen LogP contribution in [0.25, 0.3) is 0 Å². The molecule has 1 amide bonds. The number of thioether (sulfide) groups is 1. The number of benzene rings is 2. The van der Waals surface area contributed by atoms with E-state index < -0.39 is 12.3 Å². The molecule has 4 rings (SSSR count). The van der Waals surface area contributed by atoms with Crippen molar-refractivity contribution in [3.63, 3.8) is 0 Å². The van der Waals surface area contributed by atoms with Gasteiger partial charge in [-0.1, -0.05) is 67.2 Å². The summed E-state index contributed by atoms with van der Waals surface area (Å²) in [5, 5.41) is 29.9. The lowest BCUT2D eigenvalue weighted by Crippen LogP contribution is -2.38. The van der Waals surface area contributed by atoms with Crippen LogP contribution in [-0.4, -0.2) is 48.7 Å². The zero-order chi connectivity index (χ0) is 27.8. The second kappa shape index (κ2) is 13.7. The number of rotatable bonds is 12. The topological polar surface area (TPSA) is 136 Å². The largest absolute Gasteiger partial charge is 0.481 e. The molecule has 0 radical (unpaired) electrons. The first-order chi connectivity index (χ1) is 18.8. The number of aryl methyl sites for hydroxylation is 1. The Morgan fingerprint density at radius 1 is 1.03 bits per heavy atom. The standard InChI is InChI=1S/C28H34N4O6S/c1-18-23(16-39-28-31-30-17-32(28)2)37-27(38-26(18)21-10-8-20(15-33)9-11-21)22-12-6-19(7-13-22)14-29-24(34)4-3-5-25(35)36/h6-13,17-18,23,26-27,33H,3-5,14-16H2,1-2H3,(H,29,34)(H,35,36)/t18-,23+,26+,27+/m1/s1. The van der Waals surface area contributed by atoms with Crippen molar-refractivity contribution in [1.29, 1.82) is 0 Å². The van der Waals surface area contributed by atoms with Crippen LogP contribution in [0.2, 0.25) is 0 Å². The van der Waals surface area contributed by atoms with Gasteiger partial charge in [0, 0.05) is 43.7 Å². The van der Waals surface area contributed by atoms with Crippen LogP contribution in [0.5, 0.6) is 0 Å². The monoisotopic (exact) mass is 554 g/mol. The summed E-state index contributed by atoms with van der Waals surface area (Å²) in [5.41, 5.74) is 3.64. The zero-order valence-electron chi connectivity index (χ0n) is 22.0. The Bertz CT molecular complexity index is 1230. The lowest BCUT2D eigenvalue weighted by molar-refractivity contribution is -0.268. The third-order valence-electron chi connectivity index (χ3n) is 6.71. The van der Waals surface area contributed by atoms with E-state index in [9.17, 15) is 14.7 Å². The van der Waals surface area contributed by atoms with E-state index in [2.05, 4.69) is 22.4 Å². The summed E-state index contributed by atoms with van der Waals surface area (Å²) in [6.45, 7) is 2.45.